The van der Waals surface area contributed by atoms with E-state index in [2.05, 4.69) is 21.2 Å². The van der Waals surface area contributed by atoms with Gasteiger partial charge in [-0.2, -0.15) is 0 Å². The van der Waals surface area contributed by atoms with E-state index in [-0.39, 0.29) is 29.8 Å². The van der Waals surface area contributed by atoms with E-state index in [1.54, 1.807) is 61.7 Å². The topological polar surface area (TPSA) is 96.0 Å². The molecule has 0 unspecified atom stereocenters. The third-order valence-electron chi connectivity index (χ3n) is 6.91. The number of carbonyl (C=O) groups is 2. The molecular formula is C34H36BrN3O5S. The molecule has 2 amide bonds. The number of nitrogens with zero attached hydrogens (tertiary/aromatic N) is 2. The molecule has 10 heteroatoms. The monoisotopic (exact) mass is 677 g/mol. The van der Waals surface area contributed by atoms with Gasteiger partial charge in [0, 0.05) is 23.5 Å². The van der Waals surface area contributed by atoms with Crippen LogP contribution in [0.15, 0.2) is 119 Å². The van der Waals surface area contributed by atoms with Gasteiger partial charge in [0.15, 0.2) is 0 Å². The molecule has 1 atom stereocenters. The van der Waals surface area contributed by atoms with Gasteiger partial charge in [0.05, 0.1) is 17.7 Å². The van der Waals surface area contributed by atoms with Crippen molar-refractivity contribution < 1.29 is 22.7 Å². The second kappa shape index (κ2) is 15.0. The van der Waals surface area contributed by atoms with Gasteiger partial charge in [0.2, 0.25) is 11.8 Å². The van der Waals surface area contributed by atoms with E-state index in [0.29, 0.717) is 11.4 Å². The molecule has 0 heterocycles. The van der Waals surface area contributed by atoms with Gasteiger partial charge in [-0.1, -0.05) is 76.6 Å². The Kier molecular flexibility index (Phi) is 11.2. The average Bonchev–Trinajstić information content (AvgIpc) is 3.02. The summed E-state index contributed by atoms with van der Waals surface area (Å²) in [7, 11) is -2.60. The van der Waals surface area contributed by atoms with Crippen LogP contribution in [0.4, 0.5) is 5.69 Å². The molecular weight excluding hydrogens is 642 g/mol. The number of ether oxygens (including phenoxy) is 1. The van der Waals surface area contributed by atoms with Crippen molar-refractivity contribution in [3.8, 4) is 5.75 Å². The number of hydrogen-bond acceptors (Lipinski definition) is 5. The largest absolute Gasteiger partial charge is 0.497 e. The van der Waals surface area contributed by atoms with Gasteiger partial charge in [-0.15, -0.1) is 0 Å². The van der Waals surface area contributed by atoms with E-state index in [1.807, 2.05) is 56.3 Å². The fourth-order valence-electron chi connectivity index (χ4n) is 4.76. The molecule has 44 heavy (non-hydrogen) atoms. The highest BCUT2D eigenvalue weighted by Crippen LogP contribution is 2.27. The molecule has 0 aliphatic carbocycles. The Morgan fingerprint density at radius 3 is 2.07 bits per heavy atom. The van der Waals surface area contributed by atoms with E-state index in [4.69, 9.17) is 4.74 Å². The maximum absolute atomic E-state index is 14.5. The van der Waals surface area contributed by atoms with E-state index in [1.165, 1.54) is 17.0 Å². The molecule has 4 aromatic carbocycles. The van der Waals surface area contributed by atoms with Crippen molar-refractivity contribution in [2.24, 2.45) is 0 Å². The van der Waals surface area contributed by atoms with Crippen molar-refractivity contribution in [2.75, 3.05) is 18.0 Å². The molecule has 0 aliphatic rings. The Bertz CT molecular complexity index is 1650. The number of halogens is 1. The second-order valence-electron chi connectivity index (χ2n) is 10.5. The summed E-state index contributed by atoms with van der Waals surface area (Å²) in [6, 6.07) is 30.3. The Morgan fingerprint density at radius 1 is 0.841 bits per heavy atom. The van der Waals surface area contributed by atoms with Gasteiger partial charge >= 0.3 is 0 Å². The molecule has 4 rings (SSSR count). The van der Waals surface area contributed by atoms with E-state index in [9.17, 15) is 18.0 Å². The number of anilines is 1. The molecule has 0 bridgehead atoms. The predicted molar refractivity (Wildman–Crippen MR) is 176 cm³/mol. The first kappa shape index (κ1) is 32.8. The van der Waals surface area contributed by atoms with Crippen LogP contribution in [0.5, 0.6) is 5.75 Å². The molecule has 0 aromatic heterocycles. The lowest BCUT2D eigenvalue weighted by atomic mass is 10.0. The lowest BCUT2D eigenvalue weighted by Crippen LogP contribution is -2.54. The van der Waals surface area contributed by atoms with Crippen LogP contribution in [0, 0.1) is 0 Å². The van der Waals surface area contributed by atoms with Crippen LogP contribution in [0.2, 0.25) is 0 Å². The minimum atomic E-state index is -4.15. The molecule has 0 spiro atoms. The highest BCUT2D eigenvalue weighted by atomic mass is 79.9. The summed E-state index contributed by atoms with van der Waals surface area (Å²) in [5, 5.41) is 2.96. The molecule has 4 aromatic rings. The molecule has 1 N–H and O–H groups in total. The Morgan fingerprint density at radius 2 is 1.45 bits per heavy atom. The predicted octanol–water partition coefficient (Wildman–Crippen LogP) is 5.82. The smallest absolute Gasteiger partial charge is 0.264 e. The minimum Gasteiger partial charge on any atom is -0.497 e. The van der Waals surface area contributed by atoms with Gasteiger partial charge in [-0.25, -0.2) is 8.42 Å². The molecule has 230 valence electrons. The standard InChI is InChI=1S/C34H36BrN3O5S/c1-25(2)36-34(40)32(22-26-11-6-4-7-12-26)37(23-27-13-10-14-30(21-27)43-3)33(39)24-38(29-19-17-28(35)18-20-29)44(41,42)31-15-8-5-9-16-31/h4-21,25,32H,22-24H2,1-3H3,(H,36,40)/t32-/m1/s1. The number of carbonyl (C=O) groups excluding carboxylic acids is 2. The highest BCUT2D eigenvalue weighted by Gasteiger charge is 2.34. The zero-order chi connectivity index (χ0) is 31.7. The van der Waals surface area contributed by atoms with E-state index in [0.717, 1.165) is 19.9 Å². The van der Waals surface area contributed by atoms with Crippen molar-refractivity contribution in [3.63, 3.8) is 0 Å². The number of hydrogen-bond donors (Lipinski definition) is 1. The number of rotatable bonds is 13. The first-order valence-electron chi connectivity index (χ1n) is 14.2. The Hall–Kier alpha value is -4.15. The molecule has 0 saturated carbocycles. The molecule has 0 saturated heterocycles. The number of benzene rings is 4. The first-order chi connectivity index (χ1) is 21.1. The summed E-state index contributed by atoms with van der Waals surface area (Å²) >= 11 is 3.40. The van der Waals surface area contributed by atoms with Crippen molar-refractivity contribution in [2.45, 2.75) is 43.8 Å². The van der Waals surface area contributed by atoms with Crippen molar-refractivity contribution in [1.29, 1.82) is 0 Å². The molecule has 0 fully saturated rings. The molecule has 8 nitrogen and oxygen atoms in total. The van der Waals surface area contributed by atoms with Gasteiger partial charge in [-0.3, -0.25) is 13.9 Å². The van der Waals surface area contributed by atoms with Crippen LogP contribution < -0.4 is 14.4 Å². The normalized spacial score (nSPS) is 11.9. The SMILES string of the molecule is COc1cccc(CN(C(=O)CN(c2ccc(Br)cc2)S(=O)(=O)c2ccccc2)[C@H](Cc2ccccc2)C(=O)NC(C)C)c1. The third-order valence-corrected chi connectivity index (χ3v) is 9.23. The van der Waals surface area contributed by atoms with Gasteiger partial charge < -0.3 is 15.0 Å². The summed E-state index contributed by atoms with van der Waals surface area (Å²) in [5.74, 6) is -0.263. The lowest BCUT2D eigenvalue weighted by Gasteiger charge is -2.34. The average molecular weight is 679 g/mol. The summed E-state index contributed by atoms with van der Waals surface area (Å²) in [4.78, 5) is 29.7. The summed E-state index contributed by atoms with van der Waals surface area (Å²) < 4.78 is 35.3. The Balaban J connectivity index is 1.80. The van der Waals surface area contributed by atoms with E-state index >= 15 is 0 Å². The fourth-order valence-corrected chi connectivity index (χ4v) is 6.46. The maximum Gasteiger partial charge on any atom is 0.264 e. The summed E-state index contributed by atoms with van der Waals surface area (Å²) in [6.07, 6.45) is 0.235. The van der Waals surface area contributed by atoms with Gasteiger partial charge in [0.25, 0.3) is 10.0 Å². The quantitative estimate of drug-likeness (QED) is 0.193. The third kappa shape index (κ3) is 8.48. The Labute approximate surface area is 267 Å². The van der Waals surface area contributed by atoms with Crippen molar-refractivity contribution >= 4 is 43.5 Å². The van der Waals surface area contributed by atoms with Gasteiger partial charge in [-0.05, 0) is 73.5 Å². The fraction of sp³-hybridized carbons (Fsp3) is 0.235. The van der Waals surface area contributed by atoms with Crippen LogP contribution in [0.25, 0.3) is 0 Å². The molecule has 0 aliphatic heterocycles. The van der Waals surface area contributed by atoms with Crippen molar-refractivity contribution in [3.05, 3.63) is 125 Å². The molecule has 0 radical (unpaired) electrons. The van der Waals surface area contributed by atoms with Crippen LogP contribution >= 0.6 is 15.9 Å². The van der Waals surface area contributed by atoms with Crippen LogP contribution in [0.3, 0.4) is 0 Å². The minimum absolute atomic E-state index is 0.0495. The van der Waals surface area contributed by atoms with Crippen LogP contribution in [-0.2, 0) is 32.6 Å². The lowest BCUT2D eigenvalue weighted by molar-refractivity contribution is -0.140. The van der Waals surface area contributed by atoms with Gasteiger partial charge in [0.1, 0.15) is 18.3 Å². The summed E-state index contributed by atoms with van der Waals surface area (Å²) in [6.45, 7) is 3.24. The second-order valence-corrected chi connectivity index (χ2v) is 13.3. The zero-order valence-corrected chi connectivity index (χ0v) is 27.3. The van der Waals surface area contributed by atoms with Crippen LogP contribution in [0.1, 0.15) is 25.0 Å². The summed E-state index contributed by atoms with van der Waals surface area (Å²) in [5.41, 5.74) is 1.91. The highest BCUT2D eigenvalue weighted by molar-refractivity contribution is 9.10. The zero-order valence-electron chi connectivity index (χ0n) is 24.9. The number of nitrogens with one attached hydrogen (secondary N) is 1. The van der Waals surface area contributed by atoms with Crippen molar-refractivity contribution in [1.82, 2.24) is 10.2 Å². The number of methoxy groups -OCH3 is 1. The van der Waals surface area contributed by atoms with Crippen LogP contribution in [-0.4, -0.2) is 50.9 Å². The maximum atomic E-state index is 14.5. The first-order valence-corrected chi connectivity index (χ1v) is 16.4. The van der Waals surface area contributed by atoms with E-state index < -0.39 is 28.5 Å². The number of amides is 2. The number of sulfonamides is 1.